The zero-order valence-corrected chi connectivity index (χ0v) is 12.8. The van der Waals surface area contributed by atoms with Gasteiger partial charge in [0.2, 0.25) is 9.05 Å². The number of halogens is 2. The smallest absolute Gasteiger partial charge is 0.236 e. The molecule has 1 saturated heterocycles. The zero-order chi connectivity index (χ0) is 13.2. The lowest BCUT2D eigenvalue weighted by Crippen LogP contribution is -2.36. The molecule has 0 atom stereocenters. The quantitative estimate of drug-likeness (QED) is 0.782. The summed E-state index contributed by atoms with van der Waals surface area (Å²) in [5, 5.41) is 0. The van der Waals surface area contributed by atoms with Gasteiger partial charge in [-0.1, -0.05) is 6.07 Å². The first kappa shape index (κ1) is 14.1. The van der Waals surface area contributed by atoms with Crippen molar-refractivity contribution in [3.05, 3.63) is 28.2 Å². The Bertz CT molecular complexity index is 529. The minimum atomic E-state index is -3.51. The van der Waals surface area contributed by atoms with Gasteiger partial charge in [-0.2, -0.15) is 0 Å². The zero-order valence-electron chi connectivity index (χ0n) is 9.60. The molecule has 1 fully saturated rings. The molecule has 7 heteroatoms. The van der Waals surface area contributed by atoms with Crippen LogP contribution in [-0.2, 0) is 19.5 Å². The average molecular weight is 355 g/mol. The van der Waals surface area contributed by atoms with Crippen LogP contribution in [0.5, 0.6) is 0 Å². The topological polar surface area (TPSA) is 46.6 Å². The summed E-state index contributed by atoms with van der Waals surface area (Å²) in [7, 11) is 1.72. The molecular formula is C11H13BrClNO3S. The van der Waals surface area contributed by atoms with Crippen molar-refractivity contribution in [2.24, 2.45) is 0 Å². The molecule has 0 bridgehead atoms. The molecule has 0 aromatic heterocycles. The fraction of sp³-hybridized carbons (Fsp3) is 0.455. The van der Waals surface area contributed by atoms with Gasteiger partial charge in [0.25, 0.3) is 0 Å². The third-order valence-electron chi connectivity index (χ3n) is 2.70. The average Bonchev–Trinajstić information content (AvgIpc) is 2.28. The van der Waals surface area contributed by atoms with Crippen LogP contribution in [0.2, 0.25) is 0 Å². The standard InChI is InChI=1S/C11H13BrClNO3S/c12-10-7-9(8-18(13,15)16)1-2-11(10)14-3-5-17-6-4-14/h1-2,7H,3-6,8H2. The third-order valence-corrected chi connectivity index (χ3v) is 4.34. The van der Waals surface area contributed by atoms with Crippen LogP contribution in [0.15, 0.2) is 22.7 Å². The van der Waals surface area contributed by atoms with Gasteiger partial charge in [0.05, 0.1) is 24.7 Å². The summed E-state index contributed by atoms with van der Waals surface area (Å²) in [6, 6.07) is 5.49. The highest BCUT2D eigenvalue weighted by Gasteiger charge is 2.15. The fourth-order valence-electron chi connectivity index (χ4n) is 1.90. The molecule has 0 aliphatic carbocycles. The second-order valence-electron chi connectivity index (χ2n) is 4.07. The first-order valence-corrected chi connectivity index (χ1v) is 8.76. The van der Waals surface area contributed by atoms with E-state index in [1.54, 1.807) is 12.1 Å². The molecule has 0 radical (unpaired) electrons. The fourth-order valence-corrected chi connectivity index (χ4v) is 3.53. The van der Waals surface area contributed by atoms with Gasteiger partial charge in [-0.05, 0) is 33.6 Å². The summed E-state index contributed by atoms with van der Waals surface area (Å²) in [5.41, 5.74) is 1.72. The van der Waals surface area contributed by atoms with E-state index in [1.165, 1.54) is 0 Å². The van der Waals surface area contributed by atoms with Crippen molar-refractivity contribution >= 4 is 41.4 Å². The monoisotopic (exact) mass is 353 g/mol. The van der Waals surface area contributed by atoms with Gasteiger partial charge in [0.15, 0.2) is 0 Å². The van der Waals surface area contributed by atoms with Crippen LogP contribution in [0.4, 0.5) is 5.69 Å². The molecule has 100 valence electrons. The molecule has 4 nitrogen and oxygen atoms in total. The maximum Gasteiger partial charge on any atom is 0.236 e. The summed E-state index contributed by atoms with van der Waals surface area (Å²) < 4.78 is 28.2. The molecule has 0 N–H and O–H groups in total. The molecule has 0 amide bonds. The highest BCUT2D eigenvalue weighted by molar-refractivity contribution is 9.10. The van der Waals surface area contributed by atoms with Crippen molar-refractivity contribution in [1.82, 2.24) is 0 Å². The normalized spacial score (nSPS) is 16.9. The highest BCUT2D eigenvalue weighted by atomic mass is 79.9. The molecule has 1 heterocycles. The first-order chi connectivity index (χ1) is 8.46. The Labute approximate surface area is 119 Å². The molecule has 1 aliphatic heterocycles. The molecule has 2 rings (SSSR count). The molecule has 1 aromatic rings. The highest BCUT2D eigenvalue weighted by Crippen LogP contribution is 2.28. The van der Waals surface area contributed by atoms with Crippen molar-refractivity contribution < 1.29 is 13.2 Å². The lowest BCUT2D eigenvalue weighted by molar-refractivity contribution is 0.122. The second-order valence-corrected chi connectivity index (χ2v) is 7.70. The summed E-state index contributed by atoms with van der Waals surface area (Å²) in [6.07, 6.45) is 0. The molecular weight excluding hydrogens is 342 g/mol. The van der Waals surface area contributed by atoms with Crippen molar-refractivity contribution in [3.63, 3.8) is 0 Å². The number of benzene rings is 1. The number of morpholine rings is 1. The molecule has 18 heavy (non-hydrogen) atoms. The van der Waals surface area contributed by atoms with Crippen LogP contribution >= 0.6 is 26.6 Å². The lowest BCUT2D eigenvalue weighted by Gasteiger charge is -2.29. The SMILES string of the molecule is O=S(=O)(Cl)Cc1ccc(N2CCOCC2)c(Br)c1. The predicted molar refractivity (Wildman–Crippen MR) is 75.7 cm³/mol. The van der Waals surface area contributed by atoms with Gasteiger partial charge in [0, 0.05) is 28.2 Å². The summed E-state index contributed by atoms with van der Waals surface area (Å²) in [4.78, 5) is 2.20. The maximum absolute atomic E-state index is 11.0. The van der Waals surface area contributed by atoms with E-state index in [4.69, 9.17) is 15.4 Å². The van der Waals surface area contributed by atoms with Gasteiger partial charge in [0.1, 0.15) is 0 Å². The van der Waals surface area contributed by atoms with Gasteiger partial charge >= 0.3 is 0 Å². The van der Waals surface area contributed by atoms with Gasteiger partial charge in [-0.3, -0.25) is 0 Å². The van der Waals surface area contributed by atoms with E-state index in [0.717, 1.165) is 23.2 Å². The molecule has 0 saturated carbocycles. The van der Waals surface area contributed by atoms with E-state index in [0.29, 0.717) is 18.8 Å². The maximum atomic E-state index is 11.0. The van der Waals surface area contributed by atoms with Crippen molar-refractivity contribution in [1.29, 1.82) is 0 Å². The molecule has 0 spiro atoms. The van der Waals surface area contributed by atoms with Gasteiger partial charge < -0.3 is 9.64 Å². The van der Waals surface area contributed by atoms with E-state index >= 15 is 0 Å². The third kappa shape index (κ3) is 3.85. The minimum absolute atomic E-state index is 0.156. The number of rotatable bonds is 3. The Balaban J connectivity index is 2.19. The Kier molecular flexibility index (Phi) is 4.53. The van der Waals surface area contributed by atoms with Crippen LogP contribution < -0.4 is 4.90 Å². The number of anilines is 1. The van der Waals surface area contributed by atoms with Crippen LogP contribution in [0.1, 0.15) is 5.56 Å². The number of hydrogen-bond acceptors (Lipinski definition) is 4. The van der Waals surface area contributed by atoms with Crippen LogP contribution in [0, 0.1) is 0 Å². The van der Waals surface area contributed by atoms with E-state index in [9.17, 15) is 8.42 Å². The molecule has 0 unspecified atom stereocenters. The van der Waals surface area contributed by atoms with Crippen molar-refractivity contribution in [2.45, 2.75) is 5.75 Å². The molecule has 1 aromatic carbocycles. The minimum Gasteiger partial charge on any atom is -0.378 e. The number of ether oxygens (including phenoxy) is 1. The summed E-state index contributed by atoms with van der Waals surface area (Å²) >= 11 is 3.47. The van der Waals surface area contributed by atoms with Crippen LogP contribution in [0.25, 0.3) is 0 Å². The van der Waals surface area contributed by atoms with Crippen molar-refractivity contribution in [2.75, 3.05) is 31.2 Å². The summed E-state index contributed by atoms with van der Waals surface area (Å²) in [5.74, 6) is -0.156. The Morgan fingerprint density at radius 2 is 2.00 bits per heavy atom. The van der Waals surface area contributed by atoms with E-state index < -0.39 is 9.05 Å². The predicted octanol–water partition coefficient (Wildman–Crippen LogP) is 2.35. The largest absolute Gasteiger partial charge is 0.378 e. The Morgan fingerprint density at radius 3 is 2.56 bits per heavy atom. The van der Waals surface area contributed by atoms with E-state index in [-0.39, 0.29) is 5.75 Å². The Morgan fingerprint density at radius 1 is 1.33 bits per heavy atom. The second kappa shape index (κ2) is 5.77. The first-order valence-electron chi connectivity index (χ1n) is 5.49. The number of nitrogens with zero attached hydrogens (tertiary/aromatic N) is 1. The van der Waals surface area contributed by atoms with Crippen molar-refractivity contribution in [3.8, 4) is 0 Å². The van der Waals surface area contributed by atoms with E-state index in [1.807, 2.05) is 6.07 Å². The molecule has 1 aliphatic rings. The summed E-state index contributed by atoms with van der Waals surface area (Å²) in [6.45, 7) is 3.10. The Hall–Kier alpha value is -0.300. The number of hydrogen-bond donors (Lipinski definition) is 0. The van der Waals surface area contributed by atoms with E-state index in [2.05, 4.69) is 20.8 Å². The van der Waals surface area contributed by atoms with Gasteiger partial charge in [-0.25, -0.2) is 8.42 Å². The van der Waals surface area contributed by atoms with Crippen LogP contribution in [-0.4, -0.2) is 34.7 Å². The van der Waals surface area contributed by atoms with Crippen LogP contribution in [0.3, 0.4) is 0 Å². The lowest BCUT2D eigenvalue weighted by atomic mass is 10.2. The van der Waals surface area contributed by atoms with Gasteiger partial charge in [-0.15, -0.1) is 0 Å².